The van der Waals surface area contributed by atoms with E-state index in [0.29, 0.717) is 23.2 Å². The van der Waals surface area contributed by atoms with Gasteiger partial charge in [-0.3, -0.25) is 37.9 Å². The van der Waals surface area contributed by atoms with Crippen molar-refractivity contribution in [3.05, 3.63) is 89.0 Å². The minimum absolute atomic E-state index is 0.107. The largest absolute Gasteiger partial charge is 0.505 e. The number of non-ortho nitro benzene ring substituents is 1. The van der Waals surface area contributed by atoms with Crippen molar-refractivity contribution in [3.8, 4) is 11.5 Å². The molecule has 1 unspecified atom stereocenters. The smallest absolute Gasteiger partial charge is 0.297 e. The number of hydrogen-bond donors (Lipinski definition) is 7. The van der Waals surface area contributed by atoms with Gasteiger partial charge in [0.05, 0.1) is 26.6 Å². The van der Waals surface area contributed by atoms with Gasteiger partial charge in [0.15, 0.2) is 17.2 Å². The van der Waals surface area contributed by atoms with Crippen molar-refractivity contribution in [1.82, 2.24) is 0 Å². The van der Waals surface area contributed by atoms with Crippen molar-refractivity contribution in [3.63, 3.8) is 0 Å². The second-order valence-corrected chi connectivity index (χ2v) is 18.2. The zero-order chi connectivity index (χ0) is 47.3. The summed E-state index contributed by atoms with van der Waals surface area (Å²) in [4.78, 5) is 31.6. The Labute approximate surface area is 356 Å². The minimum atomic E-state index is -5.32. The maximum atomic E-state index is 13.2. The zero-order valence-corrected chi connectivity index (χ0v) is 34.2. The Hall–Kier alpha value is -7.59. The Kier molecular flexibility index (Phi) is 11.9. The topological polar surface area (TPSA) is 451 Å². The van der Waals surface area contributed by atoms with Gasteiger partial charge in [0.25, 0.3) is 58.0 Å². The molecule has 32 heteroatoms. The predicted octanol–water partition coefficient (Wildman–Crippen LogP) is 4.32. The number of carbonyl (C=O) groups excluding carboxylic acids is 2. The number of primary amides is 1. The SMILES string of the molecule is NC(=O)C1=NN(c2ccc(S(=O)(=O)O)cc2)C(=O)C1N=Nc1ccc(N=Nc2c(S(=O)(=O)O)cc3ccc(N=Nc4ccc([N+](=O)[O-])cc4S(=O)(=O)O)c(O)c3c2O)c(S(=O)(=O)O)c1. The van der Waals surface area contributed by atoms with Gasteiger partial charge >= 0.3 is 0 Å². The predicted molar refractivity (Wildman–Crippen MR) is 213 cm³/mol. The van der Waals surface area contributed by atoms with Crippen LogP contribution in [0.15, 0.2) is 134 Å². The number of benzene rings is 5. The minimum Gasteiger partial charge on any atom is -0.505 e. The van der Waals surface area contributed by atoms with Crippen LogP contribution in [0.4, 0.5) is 39.8 Å². The first-order valence-electron chi connectivity index (χ1n) is 16.6. The normalized spacial score (nSPS) is 15.2. The van der Waals surface area contributed by atoms with Gasteiger partial charge in [0.2, 0.25) is 6.04 Å². The van der Waals surface area contributed by atoms with E-state index in [1.54, 1.807) is 0 Å². The van der Waals surface area contributed by atoms with E-state index in [1.165, 1.54) is 0 Å². The molecule has 0 radical (unpaired) electrons. The number of hydrogen-bond acceptors (Lipinski definition) is 21. The molecule has 6 rings (SSSR count). The van der Waals surface area contributed by atoms with Crippen molar-refractivity contribution in [2.24, 2.45) is 41.5 Å². The lowest BCUT2D eigenvalue weighted by Gasteiger charge is -2.12. The third kappa shape index (κ3) is 9.41. The van der Waals surface area contributed by atoms with E-state index in [9.17, 15) is 81.8 Å². The van der Waals surface area contributed by atoms with E-state index in [4.69, 9.17) is 5.73 Å². The zero-order valence-electron chi connectivity index (χ0n) is 30.9. The fraction of sp³-hybridized carbons (Fsp3) is 0.0312. The van der Waals surface area contributed by atoms with Crippen LogP contribution >= 0.6 is 0 Å². The van der Waals surface area contributed by atoms with E-state index >= 15 is 0 Å². The molecule has 5 aromatic rings. The number of anilines is 1. The van der Waals surface area contributed by atoms with Gasteiger partial charge in [0.1, 0.15) is 37.4 Å². The highest BCUT2D eigenvalue weighted by Crippen LogP contribution is 2.48. The first-order chi connectivity index (χ1) is 29.7. The number of nitrogens with two attached hydrogens (primary N) is 1. The molecule has 1 aliphatic rings. The van der Waals surface area contributed by atoms with Gasteiger partial charge in [-0.05, 0) is 66.0 Å². The molecule has 332 valence electrons. The number of nitro groups is 1. The molecule has 28 nitrogen and oxygen atoms in total. The lowest BCUT2D eigenvalue weighted by Crippen LogP contribution is -2.35. The molecule has 0 saturated heterocycles. The fourth-order valence-electron chi connectivity index (χ4n) is 5.56. The van der Waals surface area contributed by atoms with Crippen LogP contribution in [-0.2, 0) is 50.1 Å². The molecule has 0 bridgehead atoms. The third-order valence-corrected chi connectivity index (χ3v) is 12.0. The summed E-state index contributed by atoms with van der Waals surface area (Å²) >= 11 is 0. The first-order valence-corrected chi connectivity index (χ1v) is 22.3. The summed E-state index contributed by atoms with van der Waals surface area (Å²) in [6.07, 6.45) is 0. The van der Waals surface area contributed by atoms with E-state index in [2.05, 4.69) is 35.8 Å². The number of amides is 2. The summed E-state index contributed by atoms with van der Waals surface area (Å²) in [7, 11) is -20.4. The number of nitrogens with zero attached hydrogens (tertiary/aromatic N) is 9. The second kappa shape index (κ2) is 16.6. The summed E-state index contributed by atoms with van der Waals surface area (Å²) in [5.41, 5.74) is 0.226. The van der Waals surface area contributed by atoms with Gasteiger partial charge in [-0.25, -0.2) is 0 Å². The molecule has 1 aliphatic heterocycles. The Bertz CT molecular complexity index is 3450. The number of nitro benzene ring substituents is 1. The van der Waals surface area contributed by atoms with Crippen molar-refractivity contribution < 1.29 is 76.6 Å². The Morgan fingerprint density at radius 1 is 0.672 bits per heavy atom. The summed E-state index contributed by atoms with van der Waals surface area (Å²) in [6.45, 7) is 0. The summed E-state index contributed by atoms with van der Waals surface area (Å²) in [5.74, 6) is -4.55. The molecule has 2 amide bonds. The number of aromatic hydroxyl groups is 2. The van der Waals surface area contributed by atoms with Gasteiger partial charge < -0.3 is 15.9 Å². The molecule has 0 spiro atoms. The van der Waals surface area contributed by atoms with Crippen LogP contribution in [0.5, 0.6) is 11.5 Å². The van der Waals surface area contributed by atoms with Crippen LogP contribution in [0.25, 0.3) is 10.8 Å². The molecule has 5 aromatic carbocycles. The average molecular weight is 963 g/mol. The Balaban J connectivity index is 1.37. The molecule has 0 fully saturated rings. The van der Waals surface area contributed by atoms with E-state index in [-0.39, 0.29) is 11.1 Å². The number of hydrazone groups is 1. The van der Waals surface area contributed by atoms with Crippen LogP contribution in [0, 0.1) is 10.1 Å². The molecule has 0 saturated carbocycles. The van der Waals surface area contributed by atoms with Crippen LogP contribution < -0.4 is 10.7 Å². The number of phenols is 2. The molecular weight excluding hydrogens is 941 g/mol. The molecule has 0 aliphatic carbocycles. The van der Waals surface area contributed by atoms with Crippen molar-refractivity contribution in [2.75, 3.05) is 5.01 Å². The van der Waals surface area contributed by atoms with Gasteiger partial charge in [-0.1, -0.05) is 6.07 Å². The maximum Gasteiger partial charge on any atom is 0.297 e. The molecule has 1 heterocycles. The number of carbonyl (C=O) groups is 2. The van der Waals surface area contributed by atoms with E-state index in [0.717, 1.165) is 60.7 Å². The van der Waals surface area contributed by atoms with Gasteiger partial charge in [0, 0.05) is 12.1 Å². The quantitative estimate of drug-likeness (QED) is 0.0374. The molecule has 64 heavy (non-hydrogen) atoms. The highest BCUT2D eigenvalue weighted by Gasteiger charge is 2.40. The van der Waals surface area contributed by atoms with Gasteiger partial charge in [-0.15, -0.1) is 20.5 Å². The average Bonchev–Trinajstić information content (AvgIpc) is 3.53. The van der Waals surface area contributed by atoms with Crippen molar-refractivity contribution in [2.45, 2.75) is 25.6 Å². The maximum absolute atomic E-state index is 13.2. The Morgan fingerprint density at radius 2 is 1.22 bits per heavy atom. The summed E-state index contributed by atoms with van der Waals surface area (Å²) in [5, 5.41) is 58.7. The van der Waals surface area contributed by atoms with Crippen molar-refractivity contribution in [1.29, 1.82) is 0 Å². The fourth-order valence-corrected chi connectivity index (χ4v) is 7.98. The van der Waals surface area contributed by atoms with Crippen LogP contribution in [-0.4, -0.2) is 90.6 Å². The van der Waals surface area contributed by atoms with Crippen molar-refractivity contribution >= 4 is 109 Å². The monoisotopic (exact) mass is 962 g/mol. The van der Waals surface area contributed by atoms with E-state index < -0.39 is 140 Å². The number of azo groups is 3. The standard InChI is InChI=1S/C32H22N10O18S4/c33-31(45)27-28(32(46)41(40-27)16-3-6-18(7-4-16)61(49,50)51)39-34-15-2-9-19(22(12-15)62(52,53)54)36-38-26-24(64(58,59)60)11-14-1-8-21(29(43)25(14)30(26)44)37-35-20-10-5-17(42(47)48)13-23(20)63(55,56)57/h1-13,28,43-44H,(H2,33,45)(H,49,50,51)(H,52,53,54)(H,55,56,57)(H,58,59,60). The van der Waals surface area contributed by atoms with Crippen LogP contribution in [0.3, 0.4) is 0 Å². The third-order valence-electron chi connectivity index (χ3n) is 8.45. The number of phenolic OH excluding ortho intramolecular Hbond substituents is 2. The van der Waals surface area contributed by atoms with Gasteiger partial charge in [-0.2, -0.15) is 54.0 Å². The molecule has 0 aromatic heterocycles. The first kappa shape index (κ1) is 45.9. The molecular formula is C32H22N10O18S4. The second-order valence-electron chi connectivity index (χ2n) is 12.6. The molecule has 8 N–H and O–H groups in total. The van der Waals surface area contributed by atoms with Crippen LogP contribution in [0.2, 0.25) is 0 Å². The van der Waals surface area contributed by atoms with Crippen LogP contribution in [0.1, 0.15) is 0 Å². The lowest BCUT2D eigenvalue weighted by molar-refractivity contribution is -0.385. The molecule has 1 atom stereocenters. The van der Waals surface area contributed by atoms with E-state index in [1.807, 2.05) is 0 Å². The lowest BCUT2D eigenvalue weighted by atomic mass is 10.1. The highest BCUT2D eigenvalue weighted by molar-refractivity contribution is 7.86. The highest BCUT2D eigenvalue weighted by atomic mass is 32.2. The number of rotatable bonds is 13. The number of fused-ring (bicyclic) bond motifs is 1. The summed E-state index contributed by atoms with van der Waals surface area (Å²) in [6, 6.07) is 9.25. The Morgan fingerprint density at radius 3 is 1.78 bits per heavy atom. The summed E-state index contributed by atoms with van der Waals surface area (Å²) < 4.78 is 135.